The summed E-state index contributed by atoms with van der Waals surface area (Å²) in [5, 5.41) is 0.376. The van der Waals surface area contributed by atoms with Gasteiger partial charge in [0.15, 0.2) is 11.5 Å². The molecule has 0 radical (unpaired) electrons. The van der Waals surface area contributed by atoms with E-state index in [0.29, 0.717) is 22.4 Å². The summed E-state index contributed by atoms with van der Waals surface area (Å²) in [5.41, 5.74) is 0.257. The number of carbonyl (C=O) groups is 1. The minimum atomic E-state index is -0.630. The van der Waals surface area contributed by atoms with Crippen molar-refractivity contribution < 1.29 is 19.0 Å². The molecule has 0 saturated heterocycles. The topological polar surface area (TPSA) is 66.8 Å². The van der Waals surface area contributed by atoms with Gasteiger partial charge < -0.3 is 18.8 Å². The van der Waals surface area contributed by atoms with Gasteiger partial charge in [0, 0.05) is 19.3 Å². The molecule has 6 nitrogen and oxygen atoms in total. The summed E-state index contributed by atoms with van der Waals surface area (Å²) in [7, 11) is 4.76. The number of carbonyl (C=O) groups excluding carboxylic acids is 1. The number of esters is 1. The van der Waals surface area contributed by atoms with Crippen molar-refractivity contribution in [1.82, 2.24) is 4.57 Å². The monoisotopic (exact) mass is 291 g/mol. The Morgan fingerprint density at radius 3 is 2.38 bits per heavy atom. The maximum Gasteiger partial charge on any atom is 0.343 e. The number of hydrogen-bond donors (Lipinski definition) is 0. The molecule has 0 saturated carbocycles. The summed E-state index contributed by atoms with van der Waals surface area (Å²) in [6.07, 6.45) is 1.47. The van der Waals surface area contributed by atoms with E-state index in [9.17, 15) is 9.59 Å². The number of aromatic nitrogens is 1. The molecule has 0 aliphatic heterocycles. The molecule has 2 aromatic rings. The van der Waals surface area contributed by atoms with Crippen LogP contribution in [0.4, 0.5) is 0 Å². The maximum atomic E-state index is 12.5. The van der Waals surface area contributed by atoms with Crippen molar-refractivity contribution >= 4 is 16.9 Å². The SMILES string of the molecule is CCOC(=O)c1cn(C)c2cc(OC)c(OC)cc2c1=O. The van der Waals surface area contributed by atoms with Crippen LogP contribution in [-0.4, -0.2) is 31.4 Å². The molecule has 0 unspecified atom stereocenters. The Labute approximate surface area is 121 Å². The van der Waals surface area contributed by atoms with E-state index in [0.717, 1.165) is 0 Å². The number of hydrogen-bond acceptors (Lipinski definition) is 5. The fraction of sp³-hybridized carbons (Fsp3) is 0.333. The number of ether oxygens (including phenoxy) is 3. The molecule has 0 amide bonds. The lowest BCUT2D eigenvalue weighted by atomic mass is 10.1. The second kappa shape index (κ2) is 5.87. The average Bonchev–Trinajstić information content (AvgIpc) is 2.49. The summed E-state index contributed by atoms with van der Waals surface area (Å²) < 4.78 is 17.0. The van der Waals surface area contributed by atoms with E-state index in [1.807, 2.05) is 0 Å². The third-order valence-electron chi connectivity index (χ3n) is 3.19. The number of aryl methyl sites for hydroxylation is 1. The smallest absolute Gasteiger partial charge is 0.343 e. The zero-order valence-electron chi connectivity index (χ0n) is 12.4. The van der Waals surface area contributed by atoms with E-state index in [4.69, 9.17) is 14.2 Å². The van der Waals surface area contributed by atoms with Crippen LogP contribution < -0.4 is 14.9 Å². The summed E-state index contributed by atoms with van der Waals surface area (Å²) >= 11 is 0. The second-order valence-corrected chi connectivity index (χ2v) is 4.43. The highest BCUT2D eigenvalue weighted by molar-refractivity contribution is 5.94. The summed E-state index contributed by atoms with van der Waals surface area (Å²) in [4.78, 5) is 24.3. The Morgan fingerprint density at radius 2 is 1.81 bits per heavy atom. The zero-order valence-corrected chi connectivity index (χ0v) is 12.4. The lowest BCUT2D eigenvalue weighted by Gasteiger charge is -2.12. The van der Waals surface area contributed by atoms with Gasteiger partial charge in [-0.05, 0) is 13.0 Å². The molecule has 2 rings (SSSR count). The molecular weight excluding hydrogens is 274 g/mol. The van der Waals surface area contributed by atoms with Gasteiger partial charge >= 0.3 is 5.97 Å². The molecule has 1 aromatic heterocycles. The Kier molecular flexibility index (Phi) is 4.16. The fourth-order valence-electron chi connectivity index (χ4n) is 2.16. The van der Waals surface area contributed by atoms with Crippen molar-refractivity contribution in [2.45, 2.75) is 6.92 Å². The van der Waals surface area contributed by atoms with Gasteiger partial charge in [-0.15, -0.1) is 0 Å². The van der Waals surface area contributed by atoms with Crippen LogP contribution in [0.3, 0.4) is 0 Å². The molecule has 0 N–H and O–H groups in total. The van der Waals surface area contributed by atoms with Gasteiger partial charge in [-0.3, -0.25) is 4.79 Å². The summed E-state index contributed by atoms with van der Waals surface area (Å²) in [6, 6.07) is 3.27. The molecule has 21 heavy (non-hydrogen) atoms. The number of fused-ring (bicyclic) bond motifs is 1. The van der Waals surface area contributed by atoms with Gasteiger partial charge in [-0.1, -0.05) is 0 Å². The van der Waals surface area contributed by atoms with Gasteiger partial charge in [0.05, 0.1) is 31.7 Å². The number of benzene rings is 1. The molecule has 0 bridgehead atoms. The van der Waals surface area contributed by atoms with Gasteiger partial charge in [0.2, 0.25) is 5.43 Å². The molecular formula is C15H17NO5. The van der Waals surface area contributed by atoms with Crippen LogP contribution >= 0.6 is 0 Å². The highest BCUT2D eigenvalue weighted by Crippen LogP contribution is 2.30. The number of nitrogens with zero attached hydrogens (tertiary/aromatic N) is 1. The van der Waals surface area contributed by atoms with E-state index in [1.54, 1.807) is 30.7 Å². The number of methoxy groups -OCH3 is 2. The fourth-order valence-corrected chi connectivity index (χ4v) is 2.16. The number of pyridine rings is 1. The summed E-state index contributed by atoms with van der Waals surface area (Å²) in [6.45, 7) is 1.91. The molecule has 1 heterocycles. The van der Waals surface area contributed by atoms with Crippen LogP contribution in [0.1, 0.15) is 17.3 Å². The normalized spacial score (nSPS) is 10.5. The van der Waals surface area contributed by atoms with Crippen molar-refractivity contribution in [3.63, 3.8) is 0 Å². The molecule has 0 aliphatic carbocycles. The highest BCUT2D eigenvalue weighted by Gasteiger charge is 2.17. The van der Waals surface area contributed by atoms with Crippen molar-refractivity contribution in [3.8, 4) is 11.5 Å². The third kappa shape index (κ3) is 2.56. The quantitative estimate of drug-likeness (QED) is 0.803. The van der Waals surface area contributed by atoms with Crippen molar-refractivity contribution in [2.75, 3.05) is 20.8 Å². The highest BCUT2D eigenvalue weighted by atomic mass is 16.5. The van der Waals surface area contributed by atoms with Gasteiger partial charge in [0.1, 0.15) is 5.56 Å². The second-order valence-electron chi connectivity index (χ2n) is 4.43. The van der Waals surface area contributed by atoms with Crippen LogP contribution in [0.15, 0.2) is 23.1 Å². The molecule has 0 aliphatic rings. The molecule has 6 heteroatoms. The molecule has 112 valence electrons. The van der Waals surface area contributed by atoms with Gasteiger partial charge in [-0.2, -0.15) is 0 Å². The Bertz CT molecular complexity index is 748. The Balaban J connectivity index is 2.77. The number of rotatable bonds is 4. The first-order chi connectivity index (χ1) is 10.0. The lowest BCUT2D eigenvalue weighted by Crippen LogP contribution is -2.20. The predicted molar refractivity (Wildman–Crippen MR) is 78.2 cm³/mol. The van der Waals surface area contributed by atoms with Crippen LogP contribution in [0.2, 0.25) is 0 Å². The standard InChI is InChI=1S/C15H17NO5/c1-5-21-15(18)10-8-16(2)11-7-13(20-4)12(19-3)6-9(11)14(10)17/h6-8H,5H2,1-4H3. The van der Waals surface area contributed by atoms with Crippen LogP contribution in [0.25, 0.3) is 10.9 Å². The molecule has 0 atom stereocenters. The minimum absolute atomic E-state index is 0.000861. The van der Waals surface area contributed by atoms with E-state index in [1.165, 1.54) is 20.4 Å². The Hall–Kier alpha value is -2.50. The maximum absolute atomic E-state index is 12.5. The largest absolute Gasteiger partial charge is 0.493 e. The van der Waals surface area contributed by atoms with E-state index < -0.39 is 5.97 Å². The first-order valence-corrected chi connectivity index (χ1v) is 6.46. The lowest BCUT2D eigenvalue weighted by molar-refractivity contribution is 0.0524. The first-order valence-electron chi connectivity index (χ1n) is 6.46. The van der Waals surface area contributed by atoms with E-state index in [-0.39, 0.29) is 17.6 Å². The summed E-state index contributed by atoms with van der Waals surface area (Å²) in [5.74, 6) is 0.321. The van der Waals surface area contributed by atoms with E-state index >= 15 is 0 Å². The van der Waals surface area contributed by atoms with Gasteiger partial charge in [0.25, 0.3) is 0 Å². The van der Waals surface area contributed by atoms with Crippen molar-refractivity contribution in [2.24, 2.45) is 7.05 Å². The van der Waals surface area contributed by atoms with E-state index in [2.05, 4.69) is 0 Å². The average molecular weight is 291 g/mol. The van der Waals surface area contributed by atoms with Crippen LogP contribution in [-0.2, 0) is 11.8 Å². The molecule has 0 fully saturated rings. The van der Waals surface area contributed by atoms with Crippen molar-refractivity contribution in [3.05, 3.63) is 34.1 Å². The van der Waals surface area contributed by atoms with Crippen LogP contribution in [0.5, 0.6) is 11.5 Å². The first kappa shape index (κ1) is 14.9. The van der Waals surface area contributed by atoms with Crippen molar-refractivity contribution in [1.29, 1.82) is 0 Å². The van der Waals surface area contributed by atoms with Crippen LogP contribution in [0, 0.1) is 0 Å². The Morgan fingerprint density at radius 1 is 1.19 bits per heavy atom. The molecule has 0 spiro atoms. The third-order valence-corrected chi connectivity index (χ3v) is 3.19. The molecule has 1 aromatic carbocycles. The zero-order chi connectivity index (χ0) is 15.6. The van der Waals surface area contributed by atoms with Gasteiger partial charge in [-0.25, -0.2) is 4.79 Å². The minimum Gasteiger partial charge on any atom is -0.493 e. The predicted octanol–water partition coefficient (Wildman–Crippen LogP) is 1.73.